The van der Waals surface area contributed by atoms with Gasteiger partial charge in [0.05, 0.1) is 13.0 Å². The average molecular weight is 374 g/mol. The number of hydrogen-bond donors (Lipinski definition) is 0. The highest BCUT2D eigenvalue weighted by molar-refractivity contribution is 5.99. The van der Waals surface area contributed by atoms with Gasteiger partial charge in [0, 0.05) is 37.8 Å². The Labute approximate surface area is 159 Å². The van der Waals surface area contributed by atoms with E-state index >= 15 is 0 Å². The van der Waals surface area contributed by atoms with E-state index in [0.717, 1.165) is 5.57 Å². The van der Waals surface area contributed by atoms with Crippen molar-refractivity contribution in [3.63, 3.8) is 0 Å². The van der Waals surface area contributed by atoms with Gasteiger partial charge in [0.25, 0.3) is 5.91 Å². The van der Waals surface area contributed by atoms with Gasteiger partial charge in [0.15, 0.2) is 6.61 Å². The second-order valence-electron chi connectivity index (χ2n) is 6.58. The highest BCUT2D eigenvalue weighted by atomic mass is 16.5. The fourth-order valence-electron chi connectivity index (χ4n) is 2.94. The molecule has 2 rings (SSSR count). The number of hydrogen-bond acceptors (Lipinski definition) is 5. The van der Waals surface area contributed by atoms with E-state index in [2.05, 4.69) is 6.58 Å². The Hall–Kier alpha value is -2.83. The number of methoxy groups -OCH3 is 1. The fraction of sp³-hybridized carbons (Fsp3) is 0.450. The lowest BCUT2D eigenvalue weighted by molar-refractivity contribution is -0.155. The normalized spacial score (nSPS) is 16.2. The minimum Gasteiger partial charge on any atom is -0.497 e. The van der Waals surface area contributed by atoms with Gasteiger partial charge < -0.3 is 19.3 Å². The maximum absolute atomic E-state index is 12.3. The number of likely N-dealkylation sites (N-methyl/N-ethyl adjacent to an activating group) is 1. The van der Waals surface area contributed by atoms with Crippen LogP contribution in [0.4, 0.5) is 5.69 Å². The lowest BCUT2D eigenvalue weighted by Crippen LogP contribution is -2.36. The Morgan fingerprint density at radius 2 is 2.11 bits per heavy atom. The summed E-state index contributed by atoms with van der Waals surface area (Å²) in [5, 5.41) is 0. The zero-order valence-corrected chi connectivity index (χ0v) is 16.1. The largest absolute Gasteiger partial charge is 0.497 e. The molecule has 146 valence electrons. The monoisotopic (exact) mass is 374 g/mol. The molecular weight excluding hydrogens is 348 g/mol. The summed E-state index contributed by atoms with van der Waals surface area (Å²) in [7, 11) is 1.55. The summed E-state index contributed by atoms with van der Waals surface area (Å²) in [6.45, 7) is 8.30. The van der Waals surface area contributed by atoms with Crippen molar-refractivity contribution in [1.29, 1.82) is 0 Å². The number of amides is 2. The summed E-state index contributed by atoms with van der Waals surface area (Å²) in [6.07, 6.45) is 0.0630. The van der Waals surface area contributed by atoms with Gasteiger partial charge in [0.2, 0.25) is 5.91 Å². The van der Waals surface area contributed by atoms with Crippen molar-refractivity contribution < 1.29 is 23.9 Å². The van der Waals surface area contributed by atoms with Crippen LogP contribution in [-0.2, 0) is 19.1 Å². The van der Waals surface area contributed by atoms with Crippen LogP contribution in [0, 0.1) is 5.92 Å². The van der Waals surface area contributed by atoms with Crippen molar-refractivity contribution in [2.75, 3.05) is 38.3 Å². The third-order valence-electron chi connectivity index (χ3n) is 4.36. The van der Waals surface area contributed by atoms with E-state index in [9.17, 15) is 14.4 Å². The molecule has 0 N–H and O–H groups in total. The SMILES string of the molecule is C=C(C)CN(CC)C(=O)COC(=O)C1CC(=O)N(c2cccc(OC)c2)C1. The number of esters is 1. The molecule has 1 atom stereocenters. The zero-order valence-electron chi connectivity index (χ0n) is 16.1. The summed E-state index contributed by atoms with van der Waals surface area (Å²) in [6, 6.07) is 7.10. The predicted octanol–water partition coefficient (Wildman–Crippen LogP) is 2.02. The van der Waals surface area contributed by atoms with Crippen LogP contribution in [0.25, 0.3) is 0 Å². The van der Waals surface area contributed by atoms with Gasteiger partial charge in [-0.3, -0.25) is 14.4 Å². The highest BCUT2D eigenvalue weighted by Gasteiger charge is 2.36. The molecule has 2 amide bonds. The van der Waals surface area contributed by atoms with Crippen molar-refractivity contribution in [1.82, 2.24) is 4.90 Å². The number of carbonyl (C=O) groups excluding carboxylic acids is 3. The molecule has 1 aromatic carbocycles. The van der Waals surface area contributed by atoms with Gasteiger partial charge in [-0.25, -0.2) is 0 Å². The minimum absolute atomic E-state index is 0.0630. The van der Waals surface area contributed by atoms with Crippen molar-refractivity contribution in [3.8, 4) is 5.75 Å². The first-order chi connectivity index (χ1) is 12.8. The molecule has 0 saturated carbocycles. The van der Waals surface area contributed by atoms with E-state index in [0.29, 0.717) is 24.5 Å². The molecule has 1 saturated heterocycles. The third-order valence-corrected chi connectivity index (χ3v) is 4.36. The van der Waals surface area contributed by atoms with Crippen molar-refractivity contribution >= 4 is 23.5 Å². The first-order valence-corrected chi connectivity index (χ1v) is 8.88. The maximum atomic E-state index is 12.3. The van der Waals surface area contributed by atoms with Gasteiger partial charge in [0.1, 0.15) is 5.75 Å². The van der Waals surface area contributed by atoms with E-state index < -0.39 is 11.9 Å². The van der Waals surface area contributed by atoms with E-state index in [4.69, 9.17) is 9.47 Å². The third kappa shape index (κ3) is 5.32. The Morgan fingerprint density at radius 1 is 1.37 bits per heavy atom. The molecule has 0 aliphatic carbocycles. The molecule has 1 unspecified atom stereocenters. The van der Waals surface area contributed by atoms with Crippen LogP contribution >= 0.6 is 0 Å². The molecule has 1 aliphatic heterocycles. The van der Waals surface area contributed by atoms with Gasteiger partial charge in [-0.05, 0) is 26.0 Å². The quantitative estimate of drug-likeness (QED) is 0.514. The highest BCUT2D eigenvalue weighted by Crippen LogP contribution is 2.28. The summed E-state index contributed by atoms with van der Waals surface area (Å²) in [4.78, 5) is 39.9. The van der Waals surface area contributed by atoms with Gasteiger partial charge in [-0.1, -0.05) is 18.2 Å². The molecule has 0 bridgehead atoms. The van der Waals surface area contributed by atoms with Crippen LogP contribution in [0.1, 0.15) is 20.3 Å². The van der Waals surface area contributed by atoms with Crippen molar-refractivity contribution in [3.05, 3.63) is 36.4 Å². The van der Waals surface area contributed by atoms with E-state index in [1.165, 1.54) is 4.90 Å². The molecule has 0 radical (unpaired) electrons. The van der Waals surface area contributed by atoms with Crippen LogP contribution in [-0.4, -0.2) is 56.0 Å². The van der Waals surface area contributed by atoms with E-state index in [1.54, 1.807) is 36.3 Å². The maximum Gasteiger partial charge on any atom is 0.311 e. The van der Waals surface area contributed by atoms with E-state index in [1.807, 2.05) is 13.8 Å². The minimum atomic E-state index is -0.590. The summed E-state index contributed by atoms with van der Waals surface area (Å²) in [5.74, 6) is -0.924. The zero-order chi connectivity index (χ0) is 20.0. The second kappa shape index (κ2) is 9.21. The van der Waals surface area contributed by atoms with Crippen molar-refractivity contribution in [2.45, 2.75) is 20.3 Å². The topological polar surface area (TPSA) is 76.2 Å². The number of benzene rings is 1. The average Bonchev–Trinajstić information content (AvgIpc) is 3.05. The fourth-order valence-corrected chi connectivity index (χ4v) is 2.94. The lowest BCUT2D eigenvalue weighted by atomic mass is 10.1. The second-order valence-corrected chi connectivity index (χ2v) is 6.58. The summed E-state index contributed by atoms with van der Waals surface area (Å²) in [5.41, 5.74) is 1.52. The van der Waals surface area contributed by atoms with Gasteiger partial charge in [-0.15, -0.1) is 0 Å². The Morgan fingerprint density at radius 3 is 2.74 bits per heavy atom. The van der Waals surface area contributed by atoms with Crippen LogP contribution < -0.4 is 9.64 Å². The molecule has 1 heterocycles. The van der Waals surface area contributed by atoms with Crippen LogP contribution in [0.5, 0.6) is 5.75 Å². The number of ether oxygens (including phenoxy) is 2. The molecule has 1 fully saturated rings. The molecule has 1 aromatic rings. The number of rotatable bonds is 8. The summed E-state index contributed by atoms with van der Waals surface area (Å²) < 4.78 is 10.3. The molecule has 27 heavy (non-hydrogen) atoms. The molecular formula is C20H26N2O5. The van der Waals surface area contributed by atoms with Gasteiger partial charge in [-0.2, -0.15) is 0 Å². The predicted molar refractivity (Wildman–Crippen MR) is 101 cm³/mol. The molecule has 1 aliphatic rings. The molecule has 7 nitrogen and oxygen atoms in total. The Balaban J connectivity index is 1.93. The van der Waals surface area contributed by atoms with E-state index in [-0.39, 0.29) is 31.4 Å². The van der Waals surface area contributed by atoms with Gasteiger partial charge >= 0.3 is 5.97 Å². The van der Waals surface area contributed by atoms with Crippen LogP contribution in [0.2, 0.25) is 0 Å². The Bertz CT molecular complexity index is 731. The molecule has 0 spiro atoms. The standard InChI is InChI=1S/C20H26N2O5/c1-5-21(11-14(2)3)19(24)13-27-20(25)15-9-18(23)22(12-15)16-7-6-8-17(10-16)26-4/h6-8,10,15H,2,5,9,11-13H2,1,3-4H3. The Kier molecular flexibility index (Phi) is 6.98. The smallest absolute Gasteiger partial charge is 0.311 e. The van der Waals surface area contributed by atoms with Crippen LogP contribution in [0.15, 0.2) is 36.4 Å². The van der Waals surface area contributed by atoms with Crippen molar-refractivity contribution in [2.24, 2.45) is 5.92 Å². The first kappa shape index (κ1) is 20.5. The number of nitrogens with zero attached hydrogens (tertiary/aromatic N) is 2. The number of anilines is 1. The molecule has 0 aromatic heterocycles. The summed E-state index contributed by atoms with van der Waals surface area (Å²) >= 11 is 0. The lowest BCUT2D eigenvalue weighted by Gasteiger charge is -2.21. The number of carbonyl (C=O) groups is 3. The first-order valence-electron chi connectivity index (χ1n) is 8.88. The molecule has 7 heteroatoms. The van der Waals surface area contributed by atoms with Crippen LogP contribution in [0.3, 0.4) is 0 Å².